The number of ether oxygens (including phenoxy) is 2. The molecule has 1 aliphatic rings. The number of hydrogen-bond donors (Lipinski definition) is 2. The maximum Gasteiger partial charge on any atom is 0.141 e. The van der Waals surface area contributed by atoms with Gasteiger partial charge in [-0.25, -0.2) is 9.97 Å². The molecule has 0 bridgehead atoms. The highest BCUT2D eigenvalue weighted by molar-refractivity contribution is 6.35. The molecule has 2 aromatic heterocycles. The van der Waals surface area contributed by atoms with Crippen molar-refractivity contribution in [2.45, 2.75) is 26.2 Å². The molecule has 0 amide bonds. The average Bonchev–Trinajstić information content (AvgIpc) is 3.56. The summed E-state index contributed by atoms with van der Waals surface area (Å²) in [7, 11) is 3.24. The van der Waals surface area contributed by atoms with Crippen molar-refractivity contribution >= 4 is 34.0 Å². The predicted molar refractivity (Wildman–Crippen MR) is 118 cm³/mol. The van der Waals surface area contributed by atoms with Crippen molar-refractivity contribution in [1.29, 1.82) is 0 Å². The molecule has 6 nitrogen and oxygen atoms in total. The predicted octanol–water partition coefficient (Wildman–Crippen LogP) is 4.93. The first-order valence-electron chi connectivity index (χ1n) is 9.79. The van der Waals surface area contributed by atoms with E-state index in [2.05, 4.69) is 17.2 Å². The van der Waals surface area contributed by atoms with Gasteiger partial charge in [0.05, 0.1) is 24.9 Å². The first kappa shape index (κ1) is 19.6. The van der Waals surface area contributed by atoms with Crippen LogP contribution in [0.25, 0.3) is 22.0 Å². The number of nitrogens with two attached hydrogens (primary N) is 1. The smallest absolute Gasteiger partial charge is 0.141 e. The Hall–Kier alpha value is -2.73. The van der Waals surface area contributed by atoms with Crippen LogP contribution in [0.1, 0.15) is 25.3 Å². The molecule has 29 heavy (non-hydrogen) atoms. The van der Waals surface area contributed by atoms with Crippen LogP contribution in [0, 0.1) is 5.92 Å². The number of halogens is 1. The number of aromatic nitrogens is 2. The van der Waals surface area contributed by atoms with Crippen molar-refractivity contribution in [3.05, 3.63) is 35.0 Å². The van der Waals surface area contributed by atoms with Crippen LogP contribution in [0.3, 0.4) is 0 Å². The summed E-state index contributed by atoms with van der Waals surface area (Å²) >= 11 is 6.75. The topological polar surface area (TPSA) is 82.3 Å². The second kappa shape index (κ2) is 7.95. The summed E-state index contributed by atoms with van der Waals surface area (Å²) in [5.41, 5.74) is 8.49. The normalized spacial score (nSPS) is 13.5. The number of fused-ring (bicyclic) bond motifs is 1. The molecule has 0 spiro atoms. The maximum absolute atomic E-state index is 6.75. The number of methoxy groups -OCH3 is 2. The number of rotatable bonds is 7. The van der Waals surface area contributed by atoms with E-state index in [0.717, 1.165) is 52.1 Å². The average molecular weight is 413 g/mol. The standard InChI is InChI=1S/C22H25ClN4O2/c1-4-14-17(28-2)9-18(29-3)21(23)20(14)16-7-13-11-25-19(24)8-15(13)22(27-16)26-10-12-5-6-12/h7-9,11-12H,4-6,10H2,1-3H3,(H2,24,25)(H,26,27). The number of hydrogen-bond acceptors (Lipinski definition) is 6. The summed E-state index contributed by atoms with van der Waals surface area (Å²) < 4.78 is 11.1. The number of nitrogens with one attached hydrogen (secondary N) is 1. The fourth-order valence-electron chi connectivity index (χ4n) is 3.59. The summed E-state index contributed by atoms with van der Waals surface area (Å²) in [5, 5.41) is 5.92. The van der Waals surface area contributed by atoms with Gasteiger partial charge in [0.1, 0.15) is 23.1 Å². The summed E-state index contributed by atoms with van der Waals surface area (Å²) in [6.45, 7) is 2.96. The number of nitrogens with zero attached hydrogens (tertiary/aromatic N) is 2. The van der Waals surface area contributed by atoms with E-state index < -0.39 is 0 Å². The molecule has 2 heterocycles. The quantitative estimate of drug-likeness (QED) is 0.572. The third kappa shape index (κ3) is 3.77. The van der Waals surface area contributed by atoms with E-state index in [0.29, 0.717) is 22.5 Å². The maximum atomic E-state index is 6.75. The van der Waals surface area contributed by atoms with Crippen LogP contribution >= 0.6 is 11.6 Å². The van der Waals surface area contributed by atoms with E-state index in [1.807, 2.05) is 18.2 Å². The number of anilines is 2. The van der Waals surface area contributed by atoms with Crippen molar-refractivity contribution in [3.63, 3.8) is 0 Å². The van der Waals surface area contributed by atoms with Gasteiger partial charge in [-0.15, -0.1) is 0 Å². The Balaban J connectivity index is 1.94. The molecular weight excluding hydrogens is 388 g/mol. The molecule has 0 atom stereocenters. The van der Waals surface area contributed by atoms with E-state index in [-0.39, 0.29) is 0 Å². The molecule has 3 aromatic rings. The lowest BCUT2D eigenvalue weighted by Crippen LogP contribution is -2.07. The Morgan fingerprint density at radius 1 is 1.17 bits per heavy atom. The molecule has 3 N–H and O–H groups in total. The van der Waals surface area contributed by atoms with Crippen molar-refractivity contribution in [1.82, 2.24) is 9.97 Å². The van der Waals surface area contributed by atoms with Crippen molar-refractivity contribution in [2.75, 3.05) is 31.8 Å². The second-order valence-corrected chi connectivity index (χ2v) is 7.69. The molecule has 4 rings (SSSR count). The third-order valence-corrected chi connectivity index (χ3v) is 5.71. The molecule has 0 saturated heterocycles. The molecule has 1 saturated carbocycles. The highest BCUT2D eigenvalue weighted by Crippen LogP contribution is 2.44. The fraction of sp³-hybridized carbons (Fsp3) is 0.364. The van der Waals surface area contributed by atoms with E-state index in [9.17, 15) is 0 Å². The Bertz CT molecular complexity index is 1070. The van der Waals surface area contributed by atoms with Crippen LogP contribution in [-0.4, -0.2) is 30.7 Å². The van der Waals surface area contributed by atoms with Gasteiger partial charge in [-0.3, -0.25) is 0 Å². The van der Waals surface area contributed by atoms with Crippen molar-refractivity contribution in [2.24, 2.45) is 5.92 Å². The SMILES string of the molecule is CCc1c(OC)cc(OC)c(Cl)c1-c1cc2cnc(N)cc2c(NCC2CC2)n1. The van der Waals surface area contributed by atoms with E-state index in [4.69, 9.17) is 31.8 Å². The van der Waals surface area contributed by atoms with Gasteiger partial charge < -0.3 is 20.5 Å². The molecule has 1 fully saturated rings. The molecule has 0 radical (unpaired) electrons. The van der Waals surface area contributed by atoms with Crippen LogP contribution in [0.4, 0.5) is 11.6 Å². The van der Waals surface area contributed by atoms with E-state index in [1.54, 1.807) is 20.4 Å². The molecule has 1 aromatic carbocycles. The van der Waals surface area contributed by atoms with Crippen LogP contribution in [0.2, 0.25) is 5.02 Å². The molecule has 152 valence electrons. The molecular formula is C22H25ClN4O2. The summed E-state index contributed by atoms with van der Waals surface area (Å²) in [4.78, 5) is 9.21. The van der Waals surface area contributed by atoms with Gasteiger partial charge >= 0.3 is 0 Å². The molecule has 1 aliphatic carbocycles. The lowest BCUT2D eigenvalue weighted by molar-refractivity contribution is 0.392. The Morgan fingerprint density at radius 2 is 1.93 bits per heavy atom. The summed E-state index contributed by atoms with van der Waals surface area (Å²) in [6.07, 6.45) is 5.03. The van der Waals surface area contributed by atoms with Gasteiger partial charge in [0.2, 0.25) is 0 Å². The highest BCUT2D eigenvalue weighted by Gasteiger charge is 2.23. The van der Waals surface area contributed by atoms with E-state index >= 15 is 0 Å². The summed E-state index contributed by atoms with van der Waals surface area (Å²) in [5.74, 6) is 3.26. The zero-order chi connectivity index (χ0) is 20.5. The fourth-order valence-corrected chi connectivity index (χ4v) is 3.93. The van der Waals surface area contributed by atoms with Crippen LogP contribution < -0.4 is 20.5 Å². The lowest BCUT2D eigenvalue weighted by atomic mass is 9.98. The first-order valence-corrected chi connectivity index (χ1v) is 10.2. The number of benzene rings is 1. The highest BCUT2D eigenvalue weighted by atomic mass is 35.5. The van der Waals surface area contributed by atoms with Gasteiger partial charge in [-0.1, -0.05) is 18.5 Å². The Morgan fingerprint density at radius 3 is 2.59 bits per heavy atom. The molecule has 0 aliphatic heterocycles. The van der Waals surface area contributed by atoms with Gasteiger partial charge in [0.15, 0.2) is 0 Å². The van der Waals surface area contributed by atoms with Crippen LogP contribution in [0.15, 0.2) is 24.4 Å². The van der Waals surface area contributed by atoms with Crippen LogP contribution in [-0.2, 0) is 6.42 Å². The van der Waals surface area contributed by atoms with Gasteiger partial charge in [-0.05, 0) is 37.3 Å². The zero-order valence-electron chi connectivity index (χ0n) is 16.9. The van der Waals surface area contributed by atoms with Crippen molar-refractivity contribution in [3.8, 4) is 22.8 Å². The van der Waals surface area contributed by atoms with Gasteiger partial charge in [-0.2, -0.15) is 0 Å². The second-order valence-electron chi connectivity index (χ2n) is 7.31. The minimum Gasteiger partial charge on any atom is -0.496 e. The van der Waals surface area contributed by atoms with E-state index in [1.165, 1.54) is 12.8 Å². The zero-order valence-corrected chi connectivity index (χ0v) is 17.6. The van der Waals surface area contributed by atoms with Crippen LogP contribution in [0.5, 0.6) is 11.5 Å². The number of pyridine rings is 2. The monoisotopic (exact) mass is 412 g/mol. The minimum absolute atomic E-state index is 0.469. The molecule has 7 heteroatoms. The minimum atomic E-state index is 0.469. The first-order chi connectivity index (χ1) is 14.0. The summed E-state index contributed by atoms with van der Waals surface area (Å²) in [6, 6.07) is 5.67. The Kier molecular flexibility index (Phi) is 5.37. The molecule has 0 unspecified atom stereocenters. The lowest BCUT2D eigenvalue weighted by Gasteiger charge is -2.18. The largest absolute Gasteiger partial charge is 0.496 e. The number of nitrogen functional groups attached to an aromatic ring is 1. The van der Waals surface area contributed by atoms with Crippen molar-refractivity contribution < 1.29 is 9.47 Å². The van der Waals surface area contributed by atoms with Gasteiger partial charge in [0, 0.05) is 40.7 Å². The van der Waals surface area contributed by atoms with Gasteiger partial charge in [0.25, 0.3) is 0 Å². The third-order valence-electron chi connectivity index (χ3n) is 5.34. The Labute approximate surface area is 175 Å².